The molecular weight excluding hydrogens is 256 g/mol. The van der Waals surface area contributed by atoms with E-state index in [1.54, 1.807) is 0 Å². The summed E-state index contributed by atoms with van der Waals surface area (Å²) in [5, 5.41) is 3.58. The van der Waals surface area contributed by atoms with E-state index in [-0.39, 0.29) is 0 Å². The van der Waals surface area contributed by atoms with E-state index in [2.05, 4.69) is 49.3 Å². The number of unbranched alkanes of at least 4 members (excludes halogenated alkanes) is 7. The first-order valence-corrected chi connectivity index (χ1v) is 8.94. The molecule has 0 fully saturated rings. The highest BCUT2D eigenvalue weighted by Crippen LogP contribution is 2.19. The minimum Gasteiger partial charge on any atom is -0.309 e. The maximum absolute atomic E-state index is 4.68. The van der Waals surface area contributed by atoms with E-state index >= 15 is 0 Å². The number of nitrogens with zero attached hydrogens (tertiary/aromatic N) is 1. The van der Waals surface area contributed by atoms with Crippen LogP contribution in [0.1, 0.15) is 89.1 Å². The van der Waals surface area contributed by atoms with Gasteiger partial charge in [-0.25, -0.2) is 0 Å². The number of aromatic nitrogens is 1. The fourth-order valence-electron chi connectivity index (χ4n) is 2.84. The highest BCUT2D eigenvalue weighted by atomic mass is 14.9. The molecule has 0 radical (unpaired) electrons. The van der Waals surface area contributed by atoms with Gasteiger partial charge in [0, 0.05) is 11.7 Å². The van der Waals surface area contributed by atoms with Crippen LogP contribution in [0.3, 0.4) is 0 Å². The van der Waals surface area contributed by atoms with Crippen molar-refractivity contribution in [1.29, 1.82) is 0 Å². The Hall–Kier alpha value is -0.890. The van der Waals surface area contributed by atoms with Gasteiger partial charge < -0.3 is 5.32 Å². The van der Waals surface area contributed by atoms with Gasteiger partial charge in [0.1, 0.15) is 0 Å². The fourth-order valence-corrected chi connectivity index (χ4v) is 2.84. The highest BCUT2D eigenvalue weighted by molar-refractivity contribution is 5.13. The molecule has 1 atom stereocenters. The first kappa shape index (κ1) is 18.2. The third-order valence-electron chi connectivity index (χ3n) is 4.06. The SMILES string of the molecule is CCCCCCCCCCC(NCC)c1cccc(C)n1. The zero-order valence-corrected chi connectivity index (χ0v) is 14.3. The van der Waals surface area contributed by atoms with E-state index in [4.69, 9.17) is 0 Å². The van der Waals surface area contributed by atoms with Crippen LogP contribution in [0.5, 0.6) is 0 Å². The summed E-state index contributed by atoms with van der Waals surface area (Å²) in [6.07, 6.45) is 12.3. The summed E-state index contributed by atoms with van der Waals surface area (Å²) in [7, 11) is 0. The highest BCUT2D eigenvalue weighted by Gasteiger charge is 2.11. The smallest absolute Gasteiger partial charge is 0.0576 e. The molecule has 2 nitrogen and oxygen atoms in total. The molecule has 0 aromatic carbocycles. The summed E-state index contributed by atoms with van der Waals surface area (Å²) in [5.74, 6) is 0. The van der Waals surface area contributed by atoms with Crippen LogP contribution < -0.4 is 5.32 Å². The Morgan fingerprint density at radius 3 is 2.24 bits per heavy atom. The Labute approximate surface area is 131 Å². The van der Waals surface area contributed by atoms with Crippen molar-refractivity contribution in [3.05, 3.63) is 29.6 Å². The molecule has 0 aliphatic rings. The van der Waals surface area contributed by atoms with Gasteiger partial charge in [-0.3, -0.25) is 4.98 Å². The topological polar surface area (TPSA) is 24.9 Å². The van der Waals surface area contributed by atoms with Gasteiger partial charge in [0.05, 0.1) is 5.69 Å². The first-order valence-electron chi connectivity index (χ1n) is 8.94. The number of hydrogen-bond donors (Lipinski definition) is 1. The molecule has 1 unspecified atom stereocenters. The van der Waals surface area contributed by atoms with Gasteiger partial charge in [0.2, 0.25) is 0 Å². The fraction of sp³-hybridized carbons (Fsp3) is 0.737. The average molecular weight is 290 g/mol. The molecule has 1 N–H and O–H groups in total. The molecule has 0 amide bonds. The van der Waals surface area contributed by atoms with Gasteiger partial charge in [-0.2, -0.15) is 0 Å². The maximum atomic E-state index is 4.68. The number of nitrogens with one attached hydrogen (secondary N) is 1. The molecule has 0 aliphatic heterocycles. The third-order valence-corrected chi connectivity index (χ3v) is 4.06. The monoisotopic (exact) mass is 290 g/mol. The number of hydrogen-bond acceptors (Lipinski definition) is 2. The standard InChI is InChI=1S/C19H34N2/c1-4-6-7-8-9-10-11-12-15-18(20-5-2)19-16-13-14-17(3)21-19/h13-14,16,18,20H,4-12,15H2,1-3H3. The van der Waals surface area contributed by atoms with E-state index in [0.29, 0.717) is 6.04 Å². The summed E-state index contributed by atoms with van der Waals surface area (Å²) >= 11 is 0. The van der Waals surface area contributed by atoms with Crippen LogP contribution in [-0.2, 0) is 0 Å². The van der Waals surface area contributed by atoms with Crippen molar-refractivity contribution in [2.45, 2.75) is 84.6 Å². The molecular formula is C19H34N2. The van der Waals surface area contributed by atoms with Crippen LogP contribution in [0, 0.1) is 6.92 Å². The van der Waals surface area contributed by atoms with Gasteiger partial charge in [-0.15, -0.1) is 0 Å². The zero-order valence-electron chi connectivity index (χ0n) is 14.3. The molecule has 0 saturated heterocycles. The number of aryl methyl sites for hydroxylation is 1. The number of pyridine rings is 1. The minimum atomic E-state index is 0.426. The lowest BCUT2D eigenvalue weighted by atomic mass is 10.0. The van der Waals surface area contributed by atoms with Crippen molar-refractivity contribution >= 4 is 0 Å². The molecule has 1 rings (SSSR count). The lowest BCUT2D eigenvalue weighted by Crippen LogP contribution is -2.22. The summed E-state index contributed by atoms with van der Waals surface area (Å²) in [5.41, 5.74) is 2.33. The minimum absolute atomic E-state index is 0.426. The van der Waals surface area contributed by atoms with E-state index in [0.717, 1.165) is 12.2 Å². The molecule has 0 saturated carbocycles. The zero-order chi connectivity index (χ0) is 15.3. The summed E-state index contributed by atoms with van der Waals surface area (Å²) < 4.78 is 0. The maximum Gasteiger partial charge on any atom is 0.0576 e. The second kappa shape index (κ2) is 11.7. The van der Waals surface area contributed by atoms with Crippen molar-refractivity contribution < 1.29 is 0 Å². The van der Waals surface area contributed by atoms with Gasteiger partial charge in [0.25, 0.3) is 0 Å². The molecule has 120 valence electrons. The van der Waals surface area contributed by atoms with Gasteiger partial charge in [0.15, 0.2) is 0 Å². The van der Waals surface area contributed by atoms with E-state index < -0.39 is 0 Å². The van der Waals surface area contributed by atoms with Crippen LogP contribution in [0.4, 0.5) is 0 Å². The van der Waals surface area contributed by atoms with Crippen LogP contribution in [-0.4, -0.2) is 11.5 Å². The predicted molar refractivity (Wildman–Crippen MR) is 92.6 cm³/mol. The Bertz CT molecular complexity index is 362. The van der Waals surface area contributed by atoms with Crippen LogP contribution in [0.15, 0.2) is 18.2 Å². The van der Waals surface area contributed by atoms with Crippen molar-refractivity contribution in [1.82, 2.24) is 10.3 Å². The largest absolute Gasteiger partial charge is 0.309 e. The lowest BCUT2D eigenvalue weighted by Gasteiger charge is -2.17. The number of rotatable bonds is 12. The molecule has 0 spiro atoms. The van der Waals surface area contributed by atoms with Gasteiger partial charge >= 0.3 is 0 Å². The second-order valence-electron chi connectivity index (χ2n) is 6.08. The Balaban J connectivity index is 2.23. The van der Waals surface area contributed by atoms with Gasteiger partial charge in [-0.1, -0.05) is 71.3 Å². The normalized spacial score (nSPS) is 12.5. The van der Waals surface area contributed by atoms with Crippen LogP contribution >= 0.6 is 0 Å². The second-order valence-corrected chi connectivity index (χ2v) is 6.08. The van der Waals surface area contributed by atoms with Crippen molar-refractivity contribution in [3.8, 4) is 0 Å². The van der Waals surface area contributed by atoms with Crippen molar-refractivity contribution in [2.75, 3.05) is 6.54 Å². The van der Waals surface area contributed by atoms with E-state index in [1.165, 1.54) is 63.5 Å². The Kier molecular flexibility index (Phi) is 10.1. The molecule has 21 heavy (non-hydrogen) atoms. The van der Waals surface area contributed by atoms with Crippen LogP contribution in [0.2, 0.25) is 0 Å². The molecule has 2 heteroatoms. The Morgan fingerprint density at radius 2 is 1.62 bits per heavy atom. The lowest BCUT2D eigenvalue weighted by molar-refractivity contribution is 0.466. The summed E-state index contributed by atoms with van der Waals surface area (Å²) in [6, 6.07) is 6.78. The molecule has 0 aliphatic carbocycles. The summed E-state index contributed by atoms with van der Waals surface area (Å²) in [4.78, 5) is 4.68. The molecule has 1 heterocycles. The molecule has 1 aromatic heterocycles. The quantitative estimate of drug-likeness (QED) is 0.509. The van der Waals surface area contributed by atoms with Crippen molar-refractivity contribution in [3.63, 3.8) is 0 Å². The van der Waals surface area contributed by atoms with Crippen LogP contribution in [0.25, 0.3) is 0 Å². The molecule has 0 bridgehead atoms. The van der Waals surface area contributed by atoms with E-state index in [1.807, 2.05) is 0 Å². The predicted octanol–water partition coefficient (Wildman–Crippen LogP) is 5.57. The summed E-state index contributed by atoms with van der Waals surface area (Å²) in [6.45, 7) is 7.54. The Morgan fingerprint density at radius 1 is 0.952 bits per heavy atom. The first-order chi connectivity index (χ1) is 10.3. The third kappa shape index (κ3) is 8.21. The van der Waals surface area contributed by atoms with Gasteiger partial charge in [-0.05, 0) is 32.0 Å². The molecule has 1 aromatic rings. The van der Waals surface area contributed by atoms with Crippen molar-refractivity contribution in [2.24, 2.45) is 0 Å². The van der Waals surface area contributed by atoms with E-state index in [9.17, 15) is 0 Å². The average Bonchev–Trinajstić information content (AvgIpc) is 2.49.